The maximum absolute atomic E-state index is 15.0. The van der Waals surface area contributed by atoms with Crippen LogP contribution in [-0.4, -0.2) is 42.1 Å². The van der Waals surface area contributed by atoms with E-state index in [1.165, 1.54) is 17.4 Å². The van der Waals surface area contributed by atoms with Crippen LogP contribution in [0.15, 0.2) is 48.7 Å². The van der Waals surface area contributed by atoms with Gasteiger partial charge in [-0.2, -0.15) is 5.10 Å². The number of anilines is 2. The van der Waals surface area contributed by atoms with Gasteiger partial charge in [0.15, 0.2) is 0 Å². The van der Waals surface area contributed by atoms with Crippen molar-refractivity contribution in [2.24, 2.45) is 0 Å². The van der Waals surface area contributed by atoms with Crippen LogP contribution in [0, 0.1) is 12.7 Å². The Bertz CT molecular complexity index is 1310. The molecule has 0 spiro atoms. The molecule has 9 heteroatoms. The number of nitrogens with zero attached hydrogens (tertiary/aromatic N) is 2. The van der Waals surface area contributed by atoms with Crippen molar-refractivity contribution in [3.8, 4) is 11.4 Å². The van der Waals surface area contributed by atoms with E-state index in [2.05, 4.69) is 15.7 Å². The summed E-state index contributed by atoms with van der Waals surface area (Å²) in [6.07, 6.45) is 1.69. The van der Waals surface area contributed by atoms with E-state index in [0.717, 1.165) is 16.0 Å². The van der Waals surface area contributed by atoms with Crippen molar-refractivity contribution in [2.45, 2.75) is 13.0 Å². The smallest absolute Gasteiger partial charge is 0.261 e. The Balaban J connectivity index is 1.46. The second-order valence-corrected chi connectivity index (χ2v) is 8.79. The number of carbonyl (C=O) groups is 1. The van der Waals surface area contributed by atoms with Gasteiger partial charge in [-0.3, -0.25) is 4.79 Å². The minimum atomic E-state index is -0.416. The number of halogens is 1. The van der Waals surface area contributed by atoms with Crippen molar-refractivity contribution in [1.29, 1.82) is 0 Å². The van der Waals surface area contributed by atoms with Crippen LogP contribution in [-0.2, 0) is 4.74 Å². The van der Waals surface area contributed by atoms with E-state index in [0.29, 0.717) is 40.7 Å². The first kappa shape index (κ1) is 20.5. The summed E-state index contributed by atoms with van der Waals surface area (Å²) in [6, 6.07) is 12.3. The number of aromatic nitrogens is 2. The number of fused-ring (bicyclic) bond motifs is 1. The van der Waals surface area contributed by atoms with Gasteiger partial charge in [0, 0.05) is 16.3 Å². The topological polar surface area (TPSA) is 77.4 Å². The van der Waals surface area contributed by atoms with E-state index in [1.54, 1.807) is 30.1 Å². The lowest BCUT2D eigenvalue weighted by Gasteiger charge is -2.26. The standard InChI is InChI=1S/C23H21FN4O3S/c1-13-19(9-22(32-13)23(29)26-15-11-31-12-15)28-20-8-16(24)18(7-14(20)10-25-28)27-17-5-3-4-6-21(17)30-2/h3-10,15,27H,11-12H2,1-2H3,(H,26,29). The molecule has 4 aromatic rings. The number of para-hydroxylation sites is 2. The van der Waals surface area contributed by atoms with E-state index >= 15 is 4.39 Å². The molecule has 1 fully saturated rings. The fourth-order valence-corrected chi connectivity index (χ4v) is 4.50. The Labute approximate surface area is 187 Å². The first-order valence-corrected chi connectivity index (χ1v) is 10.9. The summed E-state index contributed by atoms with van der Waals surface area (Å²) in [5, 5.41) is 11.3. The number of rotatable bonds is 6. The lowest BCUT2D eigenvalue weighted by Crippen LogP contribution is -2.48. The van der Waals surface area contributed by atoms with Crippen molar-refractivity contribution in [1.82, 2.24) is 15.1 Å². The Morgan fingerprint density at radius 2 is 2.06 bits per heavy atom. The number of carbonyl (C=O) groups excluding carboxylic acids is 1. The third-order valence-electron chi connectivity index (χ3n) is 5.35. The summed E-state index contributed by atoms with van der Waals surface area (Å²) >= 11 is 1.39. The SMILES string of the molecule is COc1ccccc1Nc1cc2cnn(-c3cc(C(=O)NC4COC4)sc3C)c2cc1F. The number of nitrogens with one attached hydrogen (secondary N) is 2. The summed E-state index contributed by atoms with van der Waals surface area (Å²) in [5.41, 5.74) is 2.37. The molecular weight excluding hydrogens is 431 g/mol. The van der Waals surface area contributed by atoms with Crippen molar-refractivity contribution >= 4 is 39.5 Å². The Morgan fingerprint density at radius 1 is 1.25 bits per heavy atom. The zero-order chi connectivity index (χ0) is 22.2. The molecule has 0 radical (unpaired) electrons. The Kier molecular flexibility index (Phi) is 5.28. The summed E-state index contributed by atoms with van der Waals surface area (Å²) in [7, 11) is 1.57. The van der Waals surface area contributed by atoms with Crippen molar-refractivity contribution in [3.63, 3.8) is 0 Å². The normalized spacial score (nSPS) is 13.7. The highest BCUT2D eigenvalue weighted by molar-refractivity contribution is 7.14. The zero-order valence-corrected chi connectivity index (χ0v) is 18.3. The summed E-state index contributed by atoms with van der Waals surface area (Å²) < 4.78 is 27.1. The molecule has 1 aliphatic rings. The summed E-state index contributed by atoms with van der Waals surface area (Å²) in [4.78, 5) is 14.0. The van der Waals surface area contributed by atoms with Crippen LogP contribution < -0.4 is 15.4 Å². The zero-order valence-electron chi connectivity index (χ0n) is 17.5. The molecular formula is C23H21FN4O3S. The number of aryl methyl sites for hydroxylation is 1. The largest absolute Gasteiger partial charge is 0.495 e. The van der Waals surface area contributed by atoms with Crippen LogP contribution in [0.4, 0.5) is 15.8 Å². The van der Waals surface area contributed by atoms with Crippen LogP contribution >= 0.6 is 11.3 Å². The Hall–Kier alpha value is -3.43. The van der Waals surface area contributed by atoms with Gasteiger partial charge in [-0.25, -0.2) is 9.07 Å². The van der Waals surface area contributed by atoms with Gasteiger partial charge in [-0.1, -0.05) is 12.1 Å². The third kappa shape index (κ3) is 3.69. The average molecular weight is 453 g/mol. The van der Waals surface area contributed by atoms with Gasteiger partial charge in [0.1, 0.15) is 11.6 Å². The molecule has 1 aliphatic heterocycles. The molecule has 2 aromatic heterocycles. The predicted molar refractivity (Wildman–Crippen MR) is 122 cm³/mol. The second-order valence-electron chi connectivity index (χ2n) is 7.53. The van der Waals surface area contributed by atoms with E-state index in [9.17, 15) is 4.79 Å². The van der Waals surface area contributed by atoms with Gasteiger partial charge < -0.3 is 20.1 Å². The Morgan fingerprint density at radius 3 is 2.81 bits per heavy atom. The molecule has 1 amide bonds. The molecule has 0 saturated carbocycles. The van der Waals surface area contributed by atoms with Gasteiger partial charge in [0.25, 0.3) is 5.91 Å². The fourth-order valence-electron chi connectivity index (χ4n) is 3.60. The molecule has 0 atom stereocenters. The molecule has 3 heterocycles. The lowest BCUT2D eigenvalue weighted by atomic mass is 10.2. The number of hydrogen-bond donors (Lipinski definition) is 2. The maximum atomic E-state index is 15.0. The molecule has 0 unspecified atom stereocenters. The summed E-state index contributed by atoms with van der Waals surface area (Å²) in [5.74, 6) is 0.0698. The maximum Gasteiger partial charge on any atom is 0.261 e. The van der Waals surface area contributed by atoms with Gasteiger partial charge >= 0.3 is 0 Å². The molecule has 7 nitrogen and oxygen atoms in total. The minimum Gasteiger partial charge on any atom is -0.495 e. The van der Waals surface area contributed by atoms with E-state index in [4.69, 9.17) is 9.47 Å². The number of amides is 1. The van der Waals surface area contributed by atoms with Crippen LogP contribution in [0.25, 0.3) is 16.6 Å². The van der Waals surface area contributed by atoms with Crippen LogP contribution in [0.3, 0.4) is 0 Å². The van der Waals surface area contributed by atoms with E-state index in [-0.39, 0.29) is 11.9 Å². The number of ether oxygens (including phenoxy) is 2. The predicted octanol–water partition coefficient (Wildman–Crippen LogP) is 4.42. The van der Waals surface area contributed by atoms with E-state index < -0.39 is 5.82 Å². The molecule has 0 aliphatic carbocycles. The average Bonchev–Trinajstić information content (AvgIpc) is 3.34. The second kappa shape index (κ2) is 8.25. The quantitative estimate of drug-likeness (QED) is 0.453. The molecule has 0 bridgehead atoms. The number of methoxy groups -OCH3 is 1. The molecule has 32 heavy (non-hydrogen) atoms. The van der Waals surface area contributed by atoms with Gasteiger partial charge in [-0.15, -0.1) is 11.3 Å². The lowest BCUT2D eigenvalue weighted by molar-refractivity contribution is -0.00338. The molecule has 2 aromatic carbocycles. The van der Waals surface area contributed by atoms with Crippen LogP contribution in [0.1, 0.15) is 14.5 Å². The number of thiophene rings is 1. The van der Waals surface area contributed by atoms with Gasteiger partial charge in [-0.05, 0) is 31.2 Å². The molecule has 5 rings (SSSR count). The number of hydrogen-bond acceptors (Lipinski definition) is 6. The third-order valence-corrected chi connectivity index (χ3v) is 6.39. The van der Waals surface area contributed by atoms with Crippen LogP contribution in [0.2, 0.25) is 0 Å². The van der Waals surface area contributed by atoms with Gasteiger partial charge in [0.05, 0.1) is 60.0 Å². The summed E-state index contributed by atoms with van der Waals surface area (Å²) in [6.45, 7) is 3.00. The van der Waals surface area contributed by atoms with E-state index in [1.807, 2.05) is 31.2 Å². The van der Waals surface area contributed by atoms with Crippen molar-refractivity contribution in [3.05, 3.63) is 64.2 Å². The number of benzene rings is 2. The first-order valence-electron chi connectivity index (χ1n) is 10.1. The highest BCUT2D eigenvalue weighted by Crippen LogP contribution is 2.33. The van der Waals surface area contributed by atoms with Gasteiger partial charge in [0.2, 0.25) is 0 Å². The fraction of sp³-hybridized carbons (Fsp3) is 0.217. The van der Waals surface area contributed by atoms with Crippen molar-refractivity contribution < 1.29 is 18.7 Å². The molecule has 164 valence electrons. The molecule has 1 saturated heterocycles. The van der Waals surface area contributed by atoms with Crippen molar-refractivity contribution in [2.75, 3.05) is 25.6 Å². The first-order chi connectivity index (χ1) is 15.5. The highest BCUT2D eigenvalue weighted by atomic mass is 32.1. The molecule has 2 N–H and O–H groups in total. The minimum absolute atomic E-state index is 0.0575. The highest BCUT2D eigenvalue weighted by Gasteiger charge is 2.23. The van der Waals surface area contributed by atoms with Crippen LogP contribution in [0.5, 0.6) is 5.75 Å². The monoisotopic (exact) mass is 452 g/mol.